The quantitative estimate of drug-likeness (QED) is 0.399. The molecule has 0 fully saturated rings. The van der Waals surface area contributed by atoms with Crippen molar-refractivity contribution in [3.05, 3.63) is 75.2 Å². The third-order valence-electron chi connectivity index (χ3n) is 5.73. The largest absolute Gasteiger partial charge is 0.381 e. The van der Waals surface area contributed by atoms with Crippen molar-refractivity contribution in [3.8, 4) is 0 Å². The normalized spacial score (nSPS) is 13.5. The Morgan fingerprint density at radius 3 is 2.67 bits per heavy atom. The van der Waals surface area contributed by atoms with Gasteiger partial charge in [-0.2, -0.15) is 5.10 Å². The summed E-state index contributed by atoms with van der Waals surface area (Å²) >= 11 is 1.52. The second-order valence-corrected chi connectivity index (χ2v) is 9.15. The van der Waals surface area contributed by atoms with Gasteiger partial charge in [0.2, 0.25) is 0 Å². The first kappa shape index (κ1) is 23.2. The van der Waals surface area contributed by atoms with E-state index in [2.05, 4.69) is 22.0 Å². The van der Waals surface area contributed by atoms with Crippen LogP contribution in [0.5, 0.6) is 0 Å². The first-order valence-corrected chi connectivity index (χ1v) is 11.7. The molecule has 4 rings (SSSR count). The molecule has 33 heavy (non-hydrogen) atoms. The van der Waals surface area contributed by atoms with Crippen LogP contribution in [-0.4, -0.2) is 29.4 Å². The Bertz CT molecular complexity index is 1320. The summed E-state index contributed by atoms with van der Waals surface area (Å²) in [6.45, 7) is 3.64. The molecule has 0 aliphatic carbocycles. The molecule has 7 nitrogen and oxygen atoms in total. The Morgan fingerprint density at radius 1 is 1.18 bits per heavy atom. The van der Waals surface area contributed by atoms with Crippen LogP contribution in [0.15, 0.2) is 42.0 Å². The summed E-state index contributed by atoms with van der Waals surface area (Å²) in [5, 5.41) is 16.1. The number of unbranched alkanes of at least 4 members (excludes halogenated alkanes) is 1. The first-order valence-electron chi connectivity index (χ1n) is 10.9. The Labute approximate surface area is 193 Å². The zero-order chi connectivity index (χ0) is 23.6. The van der Waals surface area contributed by atoms with Gasteiger partial charge in [0.1, 0.15) is 34.7 Å². The summed E-state index contributed by atoms with van der Waals surface area (Å²) in [6.07, 6.45) is 7.69. The second kappa shape index (κ2) is 9.48. The fourth-order valence-corrected chi connectivity index (χ4v) is 5.37. The maximum absolute atomic E-state index is 14.7. The molecular weight excluding hydrogens is 448 g/mol. The van der Waals surface area contributed by atoms with Crippen molar-refractivity contribution in [1.29, 1.82) is 0 Å². The number of aromatic nitrogens is 5. The fraction of sp³-hybridized carbons (Fsp3) is 0.391. The second-order valence-electron chi connectivity index (χ2n) is 8.07. The number of hydrogen-bond acceptors (Lipinski definition) is 6. The van der Waals surface area contributed by atoms with Crippen LogP contribution < -0.4 is 5.56 Å². The fourth-order valence-electron chi connectivity index (χ4n) is 4.10. The Hall–Kier alpha value is -2.98. The van der Waals surface area contributed by atoms with Gasteiger partial charge >= 0.3 is 0 Å². The van der Waals surface area contributed by atoms with Crippen molar-refractivity contribution in [2.24, 2.45) is 0 Å². The highest BCUT2D eigenvalue weighted by atomic mass is 32.1. The highest BCUT2D eigenvalue weighted by molar-refractivity contribution is 7.18. The van der Waals surface area contributed by atoms with Crippen LogP contribution in [0.1, 0.15) is 42.7 Å². The van der Waals surface area contributed by atoms with Gasteiger partial charge in [-0.05, 0) is 30.9 Å². The van der Waals surface area contributed by atoms with Crippen LogP contribution in [0.2, 0.25) is 0 Å². The highest BCUT2D eigenvalue weighted by Crippen LogP contribution is 2.31. The van der Waals surface area contributed by atoms with Gasteiger partial charge < -0.3 is 5.11 Å². The van der Waals surface area contributed by atoms with Gasteiger partial charge in [0.25, 0.3) is 5.56 Å². The van der Waals surface area contributed by atoms with E-state index in [-0.39, 0.29) is 24.2 Å². The minimum atomic E-state index is -1.90. The minimum Gasteiger partial charge on any atom is -0.381 e. The summed E-state index contributed by atoms with van der Waals surface area (Å²) in [7, 11) is 0. The van der Waals surface area contributed by atoms with Gasteiger partial charge in [0.15, 0.2) is 0 Å². The number of halogens is 2. The molecule has 1 atom stereocenters. The molecule has 1 unspecified atom stereocenters. The van der Waals surface area contributed by atoms with Gasteiger partial charge in [-0.3, -0.25) is 9.36 Å². The van der Waals surface area contributed by atoms with Crippen LogP contribution in [0.4, 0.5) is 8.78 Å². The van der Waals surface area contributed by atoms with E-state index in [1.165, 1.54) is 45.6 Å². The van der Waals surface area contributed by atoms with Crippen molar-refractivity contribution >= 4 is 21.6 Å². The van der Waals surface area contributed by atoms with Crippen molar-refractivity contribution in [2.45, 2.75) is 58.2 Å². The van der Waals surface area contributed by atoms with Crippen LogP contribution in [0, 0.1) is 11.6 Å². The SMILES string of the molecule is CCCCc1sc2ncn(CC(O)(Cn3cncn3)c3ccc(F)cc3F)c(=O)c2c1CC. The molecule has 0 amide bonds. The number of rotatable bonds is 9. The van der Waals surface area contributed by atoms with E-state index in [4.69, 9.17) is 0 Å². The molecule has 0 radical (unpaired) electrons. The lowest BCUT2D eigenvalue weighted by Gasteiger charge is -2.29. The molecule has 0 saturated carbocycles. The molecule has 1 aromatic carbocycles. The summed E-state index contributed by atoms with van der Waals surface area (Å²) in [5.41, 5.74) is -1.37. The van der Waals surface area contributed by atoms with E-state index >= 15 is 0 Å². The molecule has 3 heterocycles. The third kappa shape index (κ3) is 4.58. The van der Waals surface area contributed by atoms with Gasteiger partial charge in [-0.1, -0.05) is 26.3 Å². The monoisotopic (exact) mass is 473 g/mol. The Balaban J connectivity index is 1.81. The van der Waals surface area contributed by atoms with Crippen molar-refractivity contribution < 1.29 is 13.9 Å². The van der Waals surface area contributed by atoms with E-state index < -0.39 is 17.2 Å². The molecule has 0 bridgehead atoms. The number of aryl methyl sites for hydroxylation is 2. The maximum atomic E-state index is 14.7. The zero-order valence-corrected chi connectivity index (χ0v) is 19.3. The predicted molar refractivity (Wildman–Crippen MR) is 122 cm³/mol. The number of benzene rings is 1. The molecule has 0 aliphatic heterocycles. The molecule has 0 spiro atoms. The Morgan fingerprint density at radius 2 is 2.00 bits per heavy atom. The van der Waals surface area contributed by atoms with E-state index in [1.54, 1.807) is 0 Å². The maximum Gasteiger partial charge on any atom is 0.262 e. The molecular formula is C23H25F2N5O2S. The number of hydrogen-bond donors (Lipinski definition) is 1. The summed E-state index contributed by atoms with van der Waals surface area (Å²) < 4.78 is 30.9. The van der Waals surface area contributed by atoms with Gasteiger partial charge in [-0.25, -0.2) is 23.4 Å². The lowest BCUT2D eigenvalue weighted by molar-refractivity contribution is -0.00641. The summed E-state index contributed by atoms with van der Waals surface area (Å²) in [4.78, 5) is 23.6. The highest BCUT2D eigenvalue weighted by Gasteiger charge is 2.35. The average Bonchev–Trinajstić information content (AvgIpc) is 3.41. The predicted octanol–water partition coefficient (Wildman–Crippen LogP) is 3.82. The van der Waals surface area contributed by atoms with Crippen LogP contribution in [-0.2, 0) is 31.5 Å². The zero-order valence-electron chi connectivity index (χ0n) is 18.5. The first-order chi connectivity index (χ1) is 15.9. The molecule has 3 aromatic heterocycles. The van der Waals surface area contributed by atoms with Crippen molar-refractivity contribution in [3.63, 3.8) is 0 Å². The summed E-state index contributed by atoms with van der Waals surface area (Å²) in [6, 6.07) is 2.96. The van der Waals surface area contributed by atoms with Crippen LogP contribution in [0.25, 0.3) is 10.2 Å². The number of thiophene rings is 1. The van der Waals surface area contributed by atoms with Crippen LogP contribution in [0.3, 0.4) is 0 Å². The summed E-state index contributed by atoms with van der Waals surface area (Å²) in [5.74, 6) is -1.67. The molecule has 10 heteroatoms. The number of fused-ring (bicyclic) bond motifs is 1. The molecule has 0 aliphatic rings. The number of nitrogens with zero attached hydrogens (tertiary/aromatic N) is 5. The van der Waals surface area contributed by atoms with Gasteiger partial charge in [0, 0.05) is 16.5 Å². The average molecular weight is 474 g/mol. The topological polar surface area (TPSA) is 85.8 Å². The van der Waals surface area contributed by atoms with Gasteiger partial charge in [0.05, 0.1) is 24.8 Å². The van der Waals surface area contributed by atoms with Crippen molar-refractivity contribution in [2.75, 3.05) is 0 Å². The molecule has 0 saturated heterocycles. The molecule has 174 valence electrons. The van der Waals surface area contributed by atoms with E-state index in [9.17, 15) is 18.7 Å². The Kier molecular flexibility index (Phi) is 6.66. The van der Waals surface area contributed by atoms with E-state index in [0.717, 1.165) is 35.8 Å². The van der Waals surface area contributed by atoms with Crippen LogP contribution >= 0.6 is 11.3 Å². The number of aliphatic hydroxyl groups is 1. The standard InChI is InChI=1S/C23H25F2N5O2S/c1-3-5-6-19-16(4-2)20-21(33-19)27-14-29(22(20)31)10-23(32,11-30-13-26-12-28-30)17-8-7-15(24)9-18(17)25/h7-9,12-14,32H,3-6,10-11H2,1-2H3. The third-order valence-corrected chi connectivity index (χ3v) is 6.93. The molecule has 1 N–H and O–H groups in total. The lowest BCUT2D eigenvalue weighted by Crippen LogP contribution is -2.40. The van der Waals surface area contributed by atoms with E-state index in [0.29, 0.717) is 22.7 Å². The smallest absolute Gasteiger partial charge is 0.262 e. The minimum absolute atomic E-state index is 0.143. The van der Waals surface area contributed by atoms with Crippen molar-refractivity contribution in [1.82, 2.24) is 24.3 Å². The van der Waals surface area contributed by atoms with E-state index in [1.807, 2.05) is 6.92 Å². The molecule has 4 aromatic rings. The lowest BCUT2D eigenvalue weighted by atomic mass is 9.92. The van der Waals surface area contributed by atoms with Gasteiger partial charge in [-0.15, -0.1) is 11.3 Å².